The van der Waals surface area contributed by atoms with Crippen molar-refractivity contribution in [2.75, 3.05) is 13.2 Å². The smallest absolute Gasteiger partial charge is 0.309 e. The van der Waals surface area contributed by atoms with Crippen molar-refractivity contribution in [2.45, 2.75) is 52.9 Å². The average molecular weight is 308 g/mol. The second-order valence-electron chi connectivity index (χ2n) is 5.57. The molecule has 1 aromatic carbocycles. The minimum absolute atomic E-state index is 0.00466. The first-order chi connectivity index (χ1) is 10.6. The number of esters is 1. The summed E-state index contributed by atoms with van der Waals surface area (Å²) in [6.45, 7) is 6.52. The Hall–Kier alpha value is -1.71. The standard InChI is InChI=1S/C18H28O4/c1-4-6-7-8-15(5-2)18(20)22-12-11-21-16-10-9-14(3)17(19)13-16/h9-10,13,15,19H,4-8,11-12H2,1-3H3. The first-order valence-corrected chi connectivity index (χ1v) is 8.17. The summed E-state index contributed by atoms with van der Waals surface area (Å²) in [7, 11) is 0. The Bertz CT molecular complexity index is 456. The van der Waals surface area contributed by atoms with Gasteiger partial charge in [-0.15, -0.1) is 0 Å². The number of phenolic OH excluding ortho intramolecular Hbond substituents is 1. The van der Waals surface area contributed by atoms with Crippen molar-refractivity contribution in [2.24, 2.45) is 5.92 Å². The lowest BCUT2D eigenvalue weighted by Crippen LogP contribution is -2.20. The molecular formula is C18H28O4. The van der Waals surface area contributed by atoms with E-state index in [0.717, 1.165) is 37.7 Å². The monoisotopic (exact) mass is 308 g/mol. The zero-order valence-corrected chi connectivity index (χ0v) is 13.9. The van der Waals surface area contributed by atoms with E-state index in [4.69, 9.17) is 9.47 Å². The Morgan fingerprint density at radius 1 is 1.23 bits per heavy atom. The summed E-state index contributed by atoms with van der Waals surface area (Å²) < 4.78 is 10.7. The summed E-state index contributed by atoms with van der Waals surface area (Å²) >= 11 is 0. The Kier molecular flexibility index (Phi) is 8.41. The normalized spacial score (nSPS) is 12.0. The molecule has 0 saturated carbocycles. The number of rotatable bonds is 10. The summed E-state index contributed by atoms with van der Waals surface area (Å²) in [5.41, 5.74) is 0.802. The number of carbonyl (C=O) groups excluding carboxylic acids is 1. The second-order valence-corrected chi connectivity index (χ2v) is 5.57. The van der Waals surface area contributed by atoms with Crippen LogP contribution in [0, 0.1) is 12.8 Å². The van der Waals surface area contributed by atoms with Crippen LogP contribution in [0.15, 0.2) is 18.2 Å². The minimum atomic E-state index is -0.131. The highest BCUT2D eigenvalue weighted by molar-refractivity contribution is 5.72. The van der Waals surface area contributed by atoms with Gasteiger partial charge >= 0.3 is 5.97 Å². The van der Waals surface area contributed by atoms with E-state index in [0.29, 0.717) is 12.4 Å². The van der Waals surface area contributed by atoms with Gasteiger partial charge in [0.15, 0.2) is 0 Å². The van der Waals surface area contributed by atoms with Crippen LogP contribution in [0.1, 0.15) is 51.5 Å². The highest BCUT2D eigenvalue weighted by Crippen LogP contribution is 2.22. The van der Waals surface area contributed by atoms with Crippen molar-refractivity contribution >= 4 is 5.97 Å². The van der Waals surface area contributed by atoms with Crippen LogP contribution in [0.25, 0.3) is 0 Å². The third kappa shape index (κ3) is 6.37. The van der Waals surface area contributed by atoms with Crippen LogP contribution in [-0.2, 0) is 9.53 Å². The molecule has 0 bridgehead atoms. The lowest BCUT2D eigenvalue weighted by atomic mass is 9.99. The predicted molar refractivity (Wildman–Crippen MR) is 87.2 cm³/mol. The van der Waals surface area contributed by atoms with Gasteiger partial charge in [0.05, 0.1) is 5.92 Å². The van der Waals surface area contributed by atoms with E-state index in [9.17, 15) is 9.90 Å². The van der Waals surface area contributed by atoms with Crippen molar-refractivity contribution < 1.29 is 19.4 Å². The molecule has 0 aliphatic rings. The van der Waals surface area contributed by atoms with Crippen LogP contribution >= 0.6 is 0 Å². The van der Waals surface area contributed by atoms with Gasteiger partial charge in [-0.3, -0.25) is 4.79 Å². The van der Waals surface area contributed by atoms with Gasteiger partial charge in [0.1, 0.15) is 24.7 Å². The van der Waals surface area contributed by atoms with Gasteiger partial charge in [-0.05, 0) is 31.4 Å². The van der Waals surface area contributed by atoms with Crippen molar-refractivity contribution in [3.63, 3.8) is 0 Å². The molecule has 1 N–H and O–H groups in total. The number of phenols is 1. The molecule has 0 aromatic heterocycles. The molecule has 0 fully saturated rings. The highest BCUT2D eigenvalue weighted by Gasteiger charge is 2.17. The van der Waals surface area contributed by atoms with E-state index in [1.54, 1.807) is 18.2 Å². The third-order valence-corrected chi connectivity index (χ3v) is 3.76. The van der Waals surface area contributed by atoms with Crippen LogP contribution in [0.4, 0.5) is 0 Å². The molecule has 1 atom stereocenters. The maximum atomic E-state index is 12.0. The molecule has 0 spiro atoms. The van der Waals surface area contributed by atoms with Crippen LogP contribution in [-0.4, -0.2) is 24.3 Å². The van der Waals surface area contributed by atoms with Crippen LogP contribution in [0.2, 0.25) is 0 Å². The first-order valence-electron chi connectivity index (χ1n) is 8.17. The molecule has 4 nitrogen and oxygen atoms in total. The van der Waals surface area contributed by atoms with Crippen molar-refractivity contribution in [1.82, 2.24) is 0 Å². The van der Waals surface area contributed by atoms with Crippen LogP contribution in [0.3, 0.4) is 0 Å². The van der Waals surface area contributed by atoms with Gasteiger partial charge in [-0.2, -0.15) is 0 Å². The number of carbonyl (C=O) groups is 1. The van der Waals surface area contributed by atoms with Crippen molar-refractivity contribution in [3.05, 3.63) is 23.8 Å². The Balaban J connectivity index is 2.27. The zero-order chi connectivity index (χ0) is 16.4. The van der Waals surface area contributed by atoms with E-state index >= 15 is 0 Å². The number of hydrogen-bond acceptors (Lipinski definition) is 4. The summed E-state index contributed by atoms with van der Waals surface area (Å²) in [5.74, 6) is 0.648. The maximum absolute atomic E-state index is 12.0. The van der Waals surface area contributed by atoms with E-state index in [2.05, 4.69) is 6.92 Å². The fourth-order valence-corrected chi connectivity index (χ4v) is 2.23. The first kappa shape index (κ1) is 18.3. The Morgan fingerprint density at radius 2 is 2.00 bits per heavy atom. The Labute approximate surface area is 133 Å². The van der Waals surface area contributed by atoms with Gasteiger partial charge in [0.2, 0.25) is 0 Å². The molecule has 22 heavy (non-hydrogen) atoms. The molecule has 0 aliphatic carbocycles. The molecule has 0 amide bonds. The zero-order valence-electron chi connectivity index (χ0n) is 13.9. The number of aryl methyl sites for hydroxylation is 1. The maximum Gasteiger partial charge on any atom is 0.309 e. The number of aromatic hydroxyl groups is 1. The molecule has 0 heterocycles. The number of hydrogen-bond donors (Lipinski definition) is 1. The molecule has 0 aliphatic heterocycles. The fourth-order valence-electron chi connectivity index (χ4n) is 2.23. The highest BCUT2D eigenvalue weighted by atomic mass is 16.6. The molecule has 1 aromatic rings. The molecular weight excluding hydrogens is 280 g/mol. The lowest BCUT2D eigenvalue weighted by molar-refractivity contribution is -0.149. The summed E-state index contributed by atoms with van der Waals surface area (Å²) in [6.07, 6.45) is 5.10. The number of ether oxygens (including phenoxy) is 2. The number of unbranched alkanes of at least 4 members (excludes halogenated alkanes) is 2. The number of benzene rings is 1. The Morgan fingerprint density at radius 3 is 2.64 bits per heavy atom. The van der Waals surface area contributed by atoms with Crippen molar-refractivity contribution in [1.29, 1.82) is 0 Å². The van der Waals surface area contributed by atoms with Crippen molar-refractivity contribution in [3.8, 4) is 11.5 Å². The SMILES string of the molecule is CCCCCC(CC)C(=O)OCCOc1ccc(C)c(O)c1. The lowest BCUT2D eigenvalue weighted by Gasteiger charge is -2.14. The summed E-state index contributed by atoms with van der Waals surface area (Å²) in [6, 6.07) is 5.14. The van der Waals surface area contributed by atoms with Crippen LogP contribution < -0.4 is 4.74 Å². The van der Waals surface area contributed by atoms with E-state index in [1.807, 2.05) is 13.8 Å². The quantitative estimate of drug-likeness (QED) is 0.519. The van der Waals surface area contributed by atoms with E-state index in [1.165, 1.54) is 0 Å². The van der Waals surface area contributed by atoms with Gasteiger partial charge in [0.25, 0.3) is 0 Å². The molecule has 4 heteroatoms. The van der Waals surface area contributed by atoms with Gasteiger partial charge < -0.3 is 14.6 Å². The predicted octanol–water partition coefficient (Wildman–Crippen LogP) is 4.23. The van der Waals surface area contributed by atoms with Gasteiger partial charge in [-0.25, -0.2) is 0 Å². The molecule has 1 rings (SSSR count). The minimum Gasteiger partial charge on any atom is -0.508 e. The average Bonchev–Trinajstić information content (AvgIpc) is 2.51. The van der Waals surface area contributed by atoms with E-state index in [-0.39, 0.29) is 24.2 Å². The second kappa shape index (κ2) is 10.1. The summed E-state index contributed by atoms with van der Waals surface area (Å²) in [4.78, 5) is 12.0. The van der Waals surface area contributed by atoms with Crippen LogP contribution in [0.5, 0.6) is 11.5 Å². The fraction of sp³-hybridized carbons (Fsp3) is 0.611. The summed E-state index contributed by atoms with van der Waals surface area (Å²) in [5, 5.41) is 9.59. The molecule has 0 radical (unpaired) electrons. The molecule has 1 unspecified atom stereocenters. The van der Waals surface area contributed by atoms with Gasteiger partial charge in [0, 0.05) is 6.07 Å². The van der Waals surface area contributed by atoms with Gasteiger partial charge in [-0.1, -0.05) is 39.2 Å². The topological polar surface area (TPSA) is 55.8 Å². The molecule has 124 valence electrons. The van der Waals surface area contributed by atoms with E-state index < -0.39 is 0 Å². The molecule has 0 saturated heterocycles. The largest absolute Gasteiger partial charge is 0.508 e. The third-order valence-electron chi connectivity index (χ3n) is 3.76.